The number of rotatable bonds is 5. The summed E-state index contributed by atoms with van der Waals surface area (Å²) < 4.78 is 5.88. The van der Waals surface area contributed by atoms with E-state index in [2.05, 4.69) is 25.2 Å². The van der Waals surface area contributed by atoms with Crippen LogP contribution in [0.3, 0.4) is 0 Å². The molecule has 0 radical (unpaired) electrons. The van der Waals surface area contributed by atoms with Gasteiger partial charge in [0.15, 0.2) is 5.75 Å². The molecule has 2 aromatic heterocycles. The van der Waals surface area contributed by atoms with Crippen LogP contribution < -0.4 is 20.7 Å². The Hall–Kier alpha value is -3.68. The summed E-state index contributed by atoms with van der Waals surface area (Å²) in [5.74, 6) is 1.96. The highest BCUT2D eigenvalue weighted by Gasteiger charge is 2.27. The van der Waals surface area contributed by atoms with Crippen molar-refractivity contribution in [2.24, 2.45) is 5.92 Å². The van der Waals surface area contributed by atoms with Crippen LogP contribution in [0.4, 0.5) is 17.5 Å². The van der Waals surface area contributed by atoms with E-state index in [0.717, 1.165) is 25.2 Å². The van der Waals surface area contributed by atoms with Gasteiger partial charge in [-0.3, -0.25) is 9.78 Å². The summed E-state index contributed by atoms with van der Waals surface area (Å²) in [5.41, 5.74) is 6.32. The van der Waals surface area contributed by atoms with Gasteiger partial charge in [-0.2, -0.15) is 4.98 Å². The number of amides is 1. The van der Waals surface area contributed by atoms with Gasteiger partial charge in [0.25, 0.3) is 0 Å². The number of carbonyl (C=O) groups is 1. The number of nitrogen functional groups attached to an aromatic ring is 1. The lowest BCUT2D eigenvalue weighted by molar-refractivity contribution is -0.120. The van der Waals surface area contributed by atoms with Crippen molar-refractivity contribution in [3.63, 3.8) is 0 Å². The second-order valence-electron chi connectivity index (χ2n) is 6.83. The van der Waals surface area contributed by atoms with Crippen molar-refractivity contribution in [2.75, 3.05) is 29.0 Å². The Morgan fingerprint density at radius 2 is 2.07 bits per heavy atom. The fourth-order valence-electron chi connectivity index (χ4n) is 3.37. The molecule has 1 atom stereocenters. The number of pyridine rings is 1. The quantitative estimate of drug-likeness (QED) is 0.689. The number of piperidine rings is 1. The van der Waals surface area contributed by atoms with Gasteiger partial charge in [0.05, 0.1) is 17.8 Å². The van der Waals surface area contributed by atoms with Crippen LogP contribution in [0.25, 0.3) is 0 Å². The number of para-hydroxylation sites is 2. The Morgan fingerprint density at radius 3 is 2.90 bits per heavy atom. The van der Waals surface area contributed by atoms with E-state index in [1.165, 1.54) is 0 Å². The van der Waals surface area contributed by atoms with Gasteiger partial charge in [-0.1, -0.05) is 12.1 Å². The number of hydrogen-bond donors (Lipinski definition) is 2. The molecule has 3 heterocycles. The van der Waals surface area contributed by atoms with Crippen molar-refractivity contribution in [3.8, 4) is 11.5 Å². The van der Waals surface area contributed by atoms with Crippen molar-refractivity contribution < 1.29 is 9.53 Å². The van der Waals surface area contributed by atoms with E-state index in [-0.39, 0.29) is 17.8 Å². The first-order valence-electron chi connectivity index (χ1n) is 9.50. The van der Waals surface area contributed by atoms with Gasteiger partial charge in [0.1, 0.15) is 11.6 Å². The number of nitrogens with two attached hydrogens (primary N) is 1. The van der Waals surface area contributed by atoms with Crippen LogP contribution in [-0.2, 0) is 4.79 Å². The van der Waals surface area contributed by atoms with Crippen LogP contribution in [0.5, 0.6) is 11.5 Å². The zero-order valence-electron chi connectivity index (χ0n) is 15.9. The maximum absolute atomic E-state index is 13.0. The van der Waals surface area contributed by atoms with Crippen molar-refractivity contribution in [1.82, 2.24) is 15.0 Å². The zero-order valence-corrected chi connectivity index (χ0v) is 15.9. The summed E-state index contributed by atoms with van der Waals surface area (Å²) >= 11 is 0. The van der Waals surface area contributed by atoms with E-state index in [1.54, 1.807) is 24.7 Å². The molecule has 29 heavy (non-hydrogen) atoms. The minimum atomic E-state index is -0.161. The lowest BCUT2D eigenvalue weighted by Crippen LogP contribution is -2.41. The van der Waals surface area contributed by atoms with Crippen LogP contribution in [0.1, 0.15) is 12.8 Å². The lowest BCUT2D eigenvalue weighted by Gasteiger charge is -2.32. The third-order valence-electron chi connectivity index (χ3n) is 4.78. The van der Waals surface area contributed by atoms with Crippen molar-refractivity contribution in [1.29, 1.82) is 0 Å². The fraction of sp³-hybridized carbons (Fsp3) is 0.238. The van der Waals surface area contributed by atoms with E-state index >= 15 is 0 Å². The van der Waals surface area contributed by atoms with Crippen LogP contribution in [0, 0.1) is 5.92 Å². The van der Waals surface area contributed by atoms with Gasteiger partial charge in [0, 0.05) is 25.5 Å². The number of benzene rings is 1. The van der Waals surface area contributed by atoms with Crippen LogP contribution in [0.2, 0.25) is 0 Å². The number of nitrogens with one attached hydrogen (secondary N) is 1. The smallest absolute Gasteiger partial charge is 0.229 e. The summed E-state index contributed by atoms with van der Waals surface area (Å²) in [6.07, 6.45) is 6.66. The Balaban J connectivity index is 1.45. The van der Waals surface area contributed by atoms with E-state index in [4.69, 9.17) is 10.5 Å². The first-order valence-corrected chi connectivity index (χ1v) is 9.50. The summed E-state index contributed by atoms with van der Waals surface area (Å²) in [6.45, 7) is 1.41. The normalized spacial score (nSPS) is 16.3. The SMILES string of the molecule is Nc1nccc(N2CCC[C@H](C(=O)Nc3ccccc3Oc3cccnc3)C2)n1. The number of aromatic nitrogens is 3. The molecule has 1 aliphatic rings. The van der Waals surface area contributed by atoms with E-state index < -0.39 is 0 Å². The monoisotopic (exact) mass is 390 g/mol. The second kappa shape index (κ2) is 8.55. The molecule has 0 unspecified atom stereocenters. The highest BCUT2D eigenvalue weighted by molar-refractivity contribution is 5.94. The molecule has 3 N–H and O–H groups in total. The molecule has 1 amide bonds. The van der Waals surface area contributed by atoms with E-state index in [0.29, 0.717) is 23.7 Å². The highest BCUT2D eigenvalue weighted by Crippen LogP contribution is 2.30. The van der Waals surface area contributed by atoms with Gasteiger partial charge in [0.2, 0.25) is 11.9 Å². The van der Waals surface area contributed by atoms with Gasteiger partial charge in [-0.05, 0) is 43.2 Å². The zero-order chi connectivity index (χ0) is 20.1. The molecule has 1 aromatic carbocycles. The molecule has 8 heteroatoms. The third-order valence-corrected chi connectivity index (χ3v) is 4.78. The molecule has 0 spiro atoms. The van der Waals surface area contributed by atoms with Crippen LogP contribution in [0.15, 0.2) is 61.1 Å². The third kappa shape index (κ3) is 4.60. The molecule has 0 bridgehead atoms. The molecular weight excluding hydrogens is 368 g/mol. The lowest BCUT2D eigenvalue weighted by atomic mass is 9.97. The van der Waals surface area contributed by atoms with Crippen molar-refractivity contribution in [3.05, 3.63) is 61.1 Å². The standard InChI is InChI=1S/C21H22N6O2/c22-21-24-11-9-19(26-21)27-12-4-5-15(14-27)20(28)25-17-7-1-2-8-18(17)29-16-6-3-10-23-13-16/h1-3,6-11,13,15H,4-5,12,14H2,(H,25,28)(H2,22,24,26)/t15-/m0/s1. The predicted octanol–water partition coefficient (Wildman–Crippen LogP) is 3.10. The Kier molecular flexibility index (Phi) is 5.51. The maximum atomic E-state index is 13.0. The minimum Gasteiger partial charge on any atom is -0.454 e. The van der Waals surface area contributed by atoms with E-state index in [1.807, 2.05) is 36.4 Å². The van der Waals surface area contributed by atoms with Gasteiger partial charge in [-0.25, -0.2) is 4.98 Å². The van der Waals surface area contributed by atoms with Gasteiger partial charge >= 0.3 is 0 Å². The number of carbonyl (C=O) groups excluding carboxylic acids is 1. The molecular formula is C21H22N6O2. The number of anilines is 3. The van der Waals surface area contributed by atoms with E-state index in [9.17, 15) is 4.79 Å². The average Bonchev–Trinajstić information content (AvgIpc) is 2.76. The summed E-state index contributed by atoms with van der Waals surface area (Å²) in [5, 5.41) is 3.02. The summed E-state index contributed by atoms with van der Waals surface area (Å²) in [4.78, 5) is 27.3. The van der Waals surface area contributed by atoms with Crippen molar-refractivity contribution >= 4 is 23.4 Å². The van der Waals surface area contributed by atoms with Crippen molar-refractivity contribution in [2.45, 2.75) is 12.8 Å². The highest BCUT2D eigenvalue weighted by atomic mass is 16.5. The maximum Gasteiger partial charge on any atom is 0.229 e. The molecule has 1 saturated heterocycles. The first-order chi connectivity index (χ1) is 14.2. The molecule has 3 aromatic rings. The molecule has 1 aliphatic heterocycles. The van der Waals surface area contributed by atoms with Gasteiger partial charge < -0.3 is 20.7 Å². The first kappa shape index (κ1) is 18.7. The Morgan fingerprint density at radius 1 is 1.17 bits per heavy atom. The molecule has 148 valence electrons. The minimum absolute atomic E-state index is 0.0426. The second-order valence-corrected chi connectivity index (χ2v) is 6.83. The molecule has 4 rings (SSSR count). The molecule has 1 fully saturated rings. The summed E-state index contributed by atoms with van der Waals surface area (Å²) in [7, 11) is 0. The van der Waals surface area contributed by atoms with Crippen LogP contribution >= 0.6 is 0 Å². The number of nitrogens with zero attached hydrogens (tertiary/aromatic N) is 4. The number of ether oxygens (including phenoxy) is 1. The fourth-order valence-corrected chi connectivity index (χ4v) is 3.37. The molecule has 0 saturated carbocycles. The Bertz CT molecular complexity index is 982. The molecule has 0 aliphatic carbocycles. The predicted molar refractivity (Wildman–Crippen MR) is 111 cm³/mol. The average molecular weight is 390 g/mol. The van der Waals surface area contributed by atoms with Gasteiger partial charge in [-0.15, -0.1) is 0 Å². The largest absolute Gasteiger partial charge is 0.454 e. The Labute approximate surface area is 168 Å². The topological polar surface area (TPSA) is 106 Å². The van der Waals surface area contributed by atoms with Crippen LogP contribution in [-0.4, -0.2) is 33.9 Å². The summed E-state index contributed by atoms with van der Waals surface area (Å²) in [6, 6.07) is 12.8. The number of hydrogen-bond acceptors (Lipinski definition) is 7. The molecule has 8 nitrogen and oxygen atoms in total.